The number of anilines is 2. The first-order valence-electron chi connectivity index (χ1n) is 6.56. The fraction of sp³-hybridized carbons (Fsp3) is 0.125. The van der Waals surface area contributed by atoms with Crippen molar-refractivity contribution in [1.82, 2.24) is 9.97 Å². The van der Waals surface area contributed by atoms with Gasteiger partial charge in [-0.15, -0.1) is 0 Å². The van der Waals surface area contributed by atoms with E-state index in [1.165, 1.54) is 5.56 Å². The van der Waals surface area contributed by atoms with Gasteiger partial charge in [0.25, 0.3) is 0 Å². The molecule has 0 saturated carbocycles. The van der Waals surface area contributed by atoms with Crippen LogP contribution in [-0.4, -0.2) is 9.97 Å². The lowest BCUT2D eigenvalue weighted by Crippen LogP contribution is -2.08. The Morgan fingerprint density at radius 3 is 2.65 bits per heavy atom. The van der Waals surface area contributed by atoms with E-state index in [0.717, 1.165) is 16.7 Å². The molecule has 0 aliphatic heterocycles. The van der Waals surface area contributed by atoms with E-state index in [1.807, 2.05) is 36.4 Å². The molecule has 3 aromatic rings. The molecule has 1 atom stereocenters. The molecule has 4 heteroatoms. The predicted molar refractivity (Wildman–Crippen MR) is 82.4 cm³/mol. The lowest BCUT2D eigenvalue weighted by molar-refractivity contribution is 0.876. The fourth-order valence-electron chi connectivity index (χ4n) is 2.22. The summed E-state index contributed by atoms with van der Waals surface area (Å²) in [6.45, 7) is 2.11. The number of nitrogen functional groups attached to an aromatic ring is 1. The van der Waals surface area contributed by atoms with Crippen LogP contribution in [0.5, 0.6) is 0 Å². The first-order valence-corrected chi connectivity index (χ1v) is 6.56. The highest BCUT2D eigenvalue weighted by molar-refractivity contribution is 5.91. The van der Waals surface area contributed by atoms with Gasteiger partial charge in [0.15, 0.2) is 0 Å². The average molecular weight is 264 g/mol. The number of hydrogen-bond donors (Lipinski definition) is 2. The van der Waals surface area contributed by atoms with Gasteiger partial charge in [-0.1, -0.05) is 30.3 Å². The molecule has 0 amide bonds. The second kappa shape index (κ2) is 5.17. The van der Waals surface area contributed by atoms with Crippen LogP contribution >= 0.6 is 0 Å². The Balaban J connectivity index is 1.97. The Hall–Kier alpha value is -2.62. The molecule has 4 nitrogen and oxygen atoms in total. The van der Waals surface area contributed by atoms with Crippen LogP contribution in [-0.2, 0) is 0 Å². The van der Waals surface area contributed by atoms with Crippen LogP contribution in [0.2, 0.25) is 0 Å². The highest BCUT2D eigenvalue weighted by Crippen LogP contribution is 2.25. The normalized spacial score (nSPS) is 12.2. The van der Waals surface area contributed by atoms with Crippen LogP contribution in [0, 0.1) is 0 Å². The molecule has 0 fully saturated rings. The number of fused-ring (bicyclic) bond motifs is 1. The third kappa shape index (κ3) is 2.40. The summed E-state index contributed by atoms with van der Waals surface area (Å²) in [5.41, 5.74) is 8.66. The van der Waals surface area contributed by atoms with Crippen molar-refractivity contribution in [2.24, 2.45) is 0 Å². The van der Waals surface area contributed by atoms with Crippen molar-refractivity contribution >= 4 is 22.4 Å². The van der Waals surface area contributed by atoms with Crippen molar-refractivity contribution in [2.75, 3.05) is 11.1 Å². The van der Waals surface area contributed by atoms with Gasteiger partial charge in [-0.3, -0.25) is 0 Å². The van der Waals surface area contributed by atoms with E-state index < -0.39 is 0 Å². The summed E-state index contributed by atoms with van der Waals surface area (Å²) < 4.78 is 0. The third-order valence-electron chi connectivity index (χ3n) is 3.31. The first kappa shape index (κ1) is 12.4. The Morgan fingerprint density at radius 2 is 1.85 bits per heavy atom. The van der Waals surface area contributed by atoms with E-state index in [0.29, 0.717) is 5.69 Å². The van der Waals surface area contributed by atoms with Gasteiger partial charge in [0.2, 0.25) is 0 Å². The summed E-state index contributed by atoms with van der Waals surface area (Å²) in [5.74, 6) is 0.804. The van der Waals surface area contributed by atoms with Crippen molar-refractivity contribution in [1.29, 1.82) is 0 Å². The molecule has 0 spiro atoms. The molecule has 100 valence electrons. The second-order valence-electron chi connectivity index (χ2n) is 4.78. The molecule has 1 aromatic heterocycles. The Morgan fingerprint density at radius 1 is 1.05 bits per heavy atom. The van der Waals surface area contributed by atoms with Gasteiger partial charge in [0.1, 0.15) is 12.1 Å². The second-order valence-corrected chi connectivity index (χ2v) is 4.78. The minimum Gasteiger partial charge on any atom is -0.399 e. The molecule has 1 unspecified atom stereocenters. The number of nitrogens with one attached hydrogen (secondary N) is 1. The van der Waals surface area contributed by atoms with Crippen molar-refractivity contribution in [2.45, 2.75) is 13.0 Å². The summed E-state index contributed by atoms with van der Waals surface area (Å²) in [6.07, 6.45) is 1.57. The lowest BCUT2D eigenvalue weighted by atomic mass is 10.1. The van der Waals surface area contributed by atoms with Gasteiger partial charge in [0.05, 0.1) is 5.52 Å². The minimum atomic E-state index is 0.163. The summed E-state index contributed by atoms with van der Waals surface area (Å²) in [6, 6.07) is 16.1. The predicted octanol–water partition coefficient (Wildman–Crippen LogP) is 3.39. The molecule has 2 aromatic carbocycles. The van der Waals surface area contributed by atoms with E-state index in [2.05, 4.69) is 34.3 Å². The standard InChI is InChI=1S/C16H16N4/c1-11(12-5-3-2-4-6-12)20-16-14-9-13(17)7-8-15(14)18-10-19-16/h2-11H,17H2,1H3,(H,18,19,20). The number of benzene rings is 2. The van der Waals surface area contributed by atoms with E-state index in [4.69, 9.17) is 5.73 Å². The quantitative estimate of drug-likeness (QED) is 0.712. The maximum atomic E-state index is 5.85. The molecule has 3 N–H and O–H groups in total. The van der Waals surface area contributed by atoms with E-state index in [-0.39, 0.29) is 6.04 Å². The van der Waals surface area contributed by atoms with Gasteiger partial charge in [-0.25, -0.2) is 9.97 Å². The maximum Gasteiger partial charge on any atom is 0.137 e. The minimum absolute atomic E-state index is 0.163. The average Bonchev–Trinajstić information content (AvgIpc) is 2.49. The zero-order chi connectivity index (χ0) is 13.9. The molecule has 20 heavy (non-hydrogen) atoms. The van der Waals surface area contributed by atoms with Gasteiger partial charge in [-0.05, 0) is 30.7 Å². The third-order valence-corrected chi connectivity index (χ3v) is 3.31. The van der Waals surface area contributed by atoms with Gasteiger partial charge < -0.3 is 11.1 Å². The molecule has 1 heterocycles. The molecular weight excluding hydrogens is 248 g/mol. The van der Waals surface area contributed by atoms with Crippen LogP contribution in [0.3, 0.4) is 0 Å². The molecule has 0 radical (unpaired) electrons. The summed E-state index contributed by atoms with van der Waals surface area (Å²) in [5, 5.41) is 4.36. The molecule has 0 aliphatic carbocycles. The Kier molecular flexibility index (Phi) is 3.21. The number of rotatable bonds is 3. The van der Waals surface area contributed by atoms with Crippen molar-refractivity contribution in [3.8, 4) is 0 Å². The summed E-state index contributed by atoms with van der Waals surface area (Å²) in [4.78, 5) is 8.59. The maximum absolute atomic E-state index is 5.85. The van der Waals surface area contributed by atoms with Crippen LogP contribution < -0.4 is 11.1 Å². The topological polar surface area (TPSA) is 63.8 Å². The number of aromatic nitrogens is 2. The number of nitrogens with zero attached hydrogens (tertiary/aromatic N) is 2. The highest BCUT2D eigenvalue weighted by Gasteiger charge is 2.09. The SMILES string of the molecule is CC(Nc1ncnc2ccc(N)cc12)c1ccccc1. The number of nitrogens with two attached hydrogens (primary N) is 1. The smallest absolute Gasteiger partial charge is 0.137 e. The molecule has 0 aliphatic rings. The monoisotopic (exact) mass is 264 g/mol. The van der Waals surface area contributed by atoms with Gasteiger partial charge in [-0.2, -0.15) is 0 Å². The largest absolute Gasteiger partial charge is 0.399 e. The zero-order valence-electron chi connectivity index (χ0n) is 11.2. The van der Waals surface area contributed by atoms with E-state index in [1.54, 1.807) is 6.33 Å². The molecule has 0 saturated heterocycles. The van der Waals surface area contributed by atoms with Crippen LogP contribution in [0.4, 0.5) is 11.5 Å². The fourth-order valence-corrected chi connectivity index (χ4v) is 2.22. The summed E-state index contributed by atoms with van der Waals surface area (Å²) >= 11 is 0. The molecule has 3 rings (SSSR count). The molecular formula is C16H16N4. The Labute approximate surface area is 117 Å². The lowest BCUT2D eigenvalue weighted by Gasteiger charge is -2.16. The number of hydrogen-bond acceptors (Lipinski definition) is 4. The van der Waals surface area contributed by atoms with Crippen LogP contribution in [0.15, 0.2) is 54.9 Å². The van der Waals surface area contributed by atoms with Crippen molar-refractivity contribution in [3.63, 3.8) is 0 Å². The van der Waals surface area contributed by atoms with E-state index in [9.17, 15) is 0 Å². The highest BCUT2D eigenvalue weighted by atomic mass is 15.0. The van der Waals surface area contributed by atoms with Crippen LogP contribution in [0.25, 0.3) is 10.9 Å². The van der Waals surface area contributed by atoms with Gasteiger partial charge in [0, 0.05) is 17.1 Å². The van der Waals surface area contributed by atoms with Crippen molar-refractivity contribution < 1.29 is 0 Å². The van der Waals surface area contributed by atoms with Crippen molar-refractivity contribution in [3.05, 3.63) is 60.4 Å². The molecule has 0 bridgehead atoms. The van der Waals surface area contributed by atoms with Gasteiger partial charge >= 0.3 is 0 Å². The summed E-state index contributed by atoms with van der Waals surface area (Å²) in [7, 11) is 0. The zero-order valence-corrected chi connectivity index (χ0v) is 11.2. The Bertz CT molecular complexity index is 725. The van der Waals surface area contributed by atoms with E-state index >= 15 is 0 Å². The first-order chi connectivity index (χ1) is 9.74. The van der Waals surface area contributed by atoms with Crippen LogP contribution in [0.1, 0.15) is 18.5 Å².